The number of ether oxygens (including phenoxy) is 1. The molecule has 1 aliphatic carbocycles. The Morgan fingerprint density at radius 3 is 2.78 bits per heavy atom. The zero-order valence-electron chi connectivity index (χ0n) is 15.3. The quantitative estimate of drug-likeness (QED) is 0.494. The molecule has 0 saturated heterocycles. The third kappa shape index (κ3) is 3.32. The van der Waals surface area contributed by atoms with Crippen LogP contribution in [0.2, 0.25) is 0 Å². The lowest BCUT2D eigenvalue weighted by atomic mass is 10.1. The van der Waals surface area contributed by atoms with Crippen molar-refractivity contribution in [3.05, 3.63) is 69.5 Å². The Bertz CT molecular complexity index is 1020. The number of fused-ring (bicyclic) bond motifs is 1. The highest BCUT2D eigenvalue weighted by Crippen LogP contribution is 2.24. The second-order valence-electron chi connectivity index (χ2n) is 6.77. The fourth-order valence-corrected chi connectivity index (χ4v) is 4.41. The Kier molecular flexibility index (Phi) is 4.66. The summed E-state index contributed by atoms with van der Waals surface area (Å²) < 4.78 is 7.23. The molecule has 0 aliphatic heterocycles. The van der Waals surface area contributed by atoms with E-state index in [-0.39, 0.29) is 12.4 Å². The Hall–Kier alpha value is -2.73. The molecule has 2 aromatic heterocycles. The van der Waals surface area contributed by atoms with E-state index in [0.29, 0.717) is 11.1 Å². The predicted molar refractivity (Wildman–Crippen MR) is 104 cm³/mol. The number of carbonyl (C=O) groups is 2. The molecule has 27 heavy (non-hydrogen) atoms. The van der Waals surface area contributed by atoms with Crippen LogP contribution in [0.4, 0.5) is 0 Å². The van der Waals surface area contributed by atoms with Crippen LogP contribution in [0.25, 0.3) is 5.13 Å². The summed E-state index contributed by atoms with van der Waals surface area (Å²) in [7, 11) is 0. The molecule has 0 N–H and O–H groups in total. The van der Waals surface area contributed by atoms with Crippen molar-refractivity contribution in [3.8, 4) is 5.13 Å². The smallest absolute Gasteiger partial charge is 0.338 e. The van der Waals surface area contributed by atoms with Crippen LogP contribution in [0.1, 0.15) is 49.7 Å². The maximum Gasteiger partial charge on any atom is 0.338 e. The monoisotopic (exact) mass is 380 g/mol. The summed E-state index contributed by atoms with van der Waals surface area (Å²) in [5, 5.41) is 2.72. The van der Waals surface area contributed by atoms with Crippen molar-refractivity contribution in [2.24, 2.45) is 0 Å². The molecule has 1 aromatic carbocycles. The fraction of sp³-hybridized carbons (Fsp3) is 0.286. The lowest BCUT2D eigenvalue weighted by molar-refractivity contribution is 0.0474. The van der Waals surface area contributed by atoms with Crippen LogP contribution in [-0.4, -0.2) is 27.9 Å². The van der Waals surface area contributed by atoms with E-state index in [0.717, 1.165) is 35.8 Å². The number of esters is 1. The van der Waals surface area contributed by atoms with Gasteiger partial charge in [0.1, 0.15) is 0 Å². The number of rotatable bonds is 5. The molecule has 1 aliphatic rings. The topological polar surface area (TPSA) is 61.2 Å². The SMILES string of the molecule is Cc1cc(C(=O)COC(=O)c2ccc3c(c2)CCC3)c(C)n1-c1nccs1. The molecular formula is C21H20N2O3S. The van der Waals surface area contributed by atoms with Crippen LogP contribution < -0.4 is 0 Å². The van der Waals surface area contributed by atoms with Gasteiger partial charge in [0.15, 0.2) is 11.7 Å². The minimum Gasteiger partial charge on any atom is -0.454 e. The summed E-state index contributed by atoms with van der Waals surface area (Å²) in [6.07, 6.45) is 4.93. The van der Waals surface area contributed by atoms with Gasteiger partial charge in [-0.3, -0.25) is 9.36 Å². The lowest BCUT2D eigenvalue weighted by Crippen LogP contribution is -2.15. The average molecular weight is 380 g/mol. The molecular weight excluding hydrogens is 360 g/mol. The first-order valence-corrected chi connectivity index (χ1v) is 9.83. The van der Waals surface area contributed by atoms with Crippen LogP contribution in [0.5, 0.6) is 0 Å². The van der Waals surface area contributed by atoms with E-state index >= 15 is 0 Å². The van der Waals surface area contributed by atoms with Gasteiger partial charge < -0.3 is 4.74 Å². The van der Waals surface area contributed by atoms with Gasteiger partial charge in [0.05, 0.1) is 5.56 Å². The van der Waals surface area contributed by atoms with Crippen molar-refractivity contribution in [3.63, 3.8) is 0 Å². The number of carbonyl (C=O) groups excluding carboxylic acids is 2. The molecule has 4 rings (SSSR count). The van der Waals surface area contributed by atoms with E-state index in [4.69, 9.17) is 4.74 Å². The molecule has 0 atom stereocenters. The molecule has 0 saturated carbocycles. The van der Waals surface area contributed by atoms with Crippen LogP contribution in [0.3, 0.4) is 0 Å². The summed E-state index contributed by atoms with van der Waals surface area (Å²) >= 11 is 1.51. The maximum atomic E-state index is 12.6. The number of benzene rings is 1. The van der Waals surface area contributed by atoms with Gasteiger partial charge in [-0.15, -0.1) is 11.3 Å². The number of hydrogen-bond acceptors (Lipinski definition) is 5. The van der Waals surface area contributed by atoms with Crippen molar-refractivity contribution in [2.75, 3.05) is 6.61 Å². The minimum atomic E-state index is -0.452. The number of aromatic nitrogens is 2. The van der Waals surface area contributed by atoms with E-state index in [2.05, 4.69) is 4.98 Å². The number of hydrogen-bond donors (Lipinski definition) is 0. The van der Waals surface area contributed by atoms with Crippen molar-refractivity contribution in [1.29, 1.82) is 0 Å². The minimum absolute atomic E-state index is 0.208. The fourth-order valence-electron chi connectivity index (χ4n) is 3.66. The van der Waals surface area contributed by atoms with Crippen molar-refractivity contribution in [1.82, 2.24) is 9.55 Å². The highest BCUT2D eigenvalue weighted by molar-refractivity contribution is 7.12. The molecule has 0 fully saturated rings. The number of ketones is 1. The summed E-state index contributed by atoms with van der Waals surface area (Å²) in [5.41, 5.74) is 5.32. The average Bonchev–Trinajstić information content (AvgIpc) is 3.39. The van der Waals surface area contributed by atoms with Gasteiger partial charge >= 0.3 is 5.97 Å². The molecule has 0 bridgehead atoms. The molecule has 0 radical (unpaired) electrons. The molecule has 0 unspecified atom stereocenters. The van der Waals surface area contributed by atoms with E-state index in [9.17, 15) is 9.59 Å². The van der Waals surface area contributed by atoms with Crippen LogP contribution in [0, 0.1) is 13.8 Å². The Morgan fingerprint density at radius 1 is 1.19 bits per heavy atom. The van der Waals surface area contributed by atoms with Crippen molar-refractivity contribution in [2.45, 2.75) is 33.1 Å². The van der Waals surface area contributed by atoms with Crippen LogP contribution >= 0.6 is 11.3 Å². The van der Waals surface area contributed by atoms with Gasteiger partial charge in [0.2, 0.25) is 5.78 Å². The Labute approximate surface area is 161 Å². The maximum absolute atomic E-state index is 12.6. The first kappa shape index (κ1) is 17.7. The van der Waals surface area contributed by atoms with E-state index in [1.165, 1.54) is 22.5 Å². The van der Waals surface area contributed by atoms with E-state index < -0.39 is 5.97 Å². The summed E-state index contributed by atoms with van der Waals surface area (Å²) in [6.45, 7) is 3.55. The highest BCUT2D eigenvalue weighted by atomic mass is 32.1. The summed E-state index contributed by atoms with van der Waals surface area (Å²) in [4.78, 5) is 29.3. The van der Waals surface area contributed by atoms with Crippen molar-refractivity contribution < 1.29 is 14.3 Å². The molecule has 5 nitrogen and oxygen atoms in total. The number of aryl methyl sites for hydroxylation is 3. The number of Topliss-reactive ketones (excluding diaryl/α,β-unsaturated/α-hetero) is 1. The van der Waals surface area contributed by atoms with E-state index in [1.807, 2.05) is 42.0 Å². The second kappa shape index (κ2) is 7.12. The number of thiazole rings is 1. The van der Waals surface area contributed by atoms with Gasteiger partial charge in [-0.25, -0.2) is 9.78 Å². The highest BCUT2D eigenvalue weighted by Gasteiger charge is 2.20. The lowest BCUT2D eigenvalue weighted by Gasteiger charge is -2.07. The van der Waals surface area contributed by atoms with Crippen LogP contribution in [-0.2, 0) is 17.6 Å². The largest absolute Gasteiger partial charge is 0.454 e. The zero-order chi connectivity index (χ0) is 19.0. The molecule has 2 heterocycles. The Balaban J connectivity index is 1.47. The van der Waals surface area contributed by atoms with Gasteiger partial charge in [-0.05, 0) is 62.4 Å². The number of nitrogens with zero attached hydrogens (tertiary/aromatic N) is 2. The summed E-state index contributed by atoms with van der Waals surface area (Å²) in [5.74, 6) is -0.660. The van der Waals surface area contributed by atoms with Gasteiger partial charge in [-0.1, -0.05) is 6.07 Å². The first-order chi connectivity index (χ1) is 13.0. The standard InChI is InChI=1S/C21H20N2O3S/c1-13-10-18(14(2)23(13)21-22-8-9-27-21)19(24)12-26-20(25)17-7-6-15-4-3-5-16(15)11-17/h6-11H,3-5,12H2,1-2H3. The normalized spacial score (nSPS) is 12.8. The second-order valence-corrected chi connectivity index (χ2v) is 7.64. The summed E-state index contributed by atoms with van der Waals surface area (Å²) in [6, 6.07) is 7.49. The molecule has 0 spiro atoms. The molecule has 6 heteroatoms. The Morgan fingerprint density at radius 2 is 2.00 bits per heavy atom. The van der Waals surface area contributed by atoms with Gasteiger partial charge in [0.25, 0.3) is 0 Å². The van der Waals surface area contributed by atoms with Gasteiger partial charge in [-0.2, -0.15) is 0 Å². The van der Waals surface area contributed by atoms with Crippen LogP contribution in [0.15, 0.2) is 35.8 Å². The third-order valence-electron chi connectivity index (χ3n) is 5.01. The third-order valence-corrected chi connectivity index (χ3v) is 5.77. The van der Waals surface area contributed by atoms with E-state index in [1.54, 1.807) is 12.3 Å². The molecule has 138 valence electrons. The van der Waals surface area contributed by atoms with Crippen molar-refractivity contribution >= 4 is 23.1 Å². The first-order valence-electron chi connectivity index (χ1n) is 8.95. The zero-order valence-corrected chi connectivity index (χ0v) is 16.1. The van der Waals surface area contributed by atoms with Gasteiger partial charge in [0, 0.05) is 28.5 Å². The molecule has 3 aromatic rings. The predicted octanol–water partition coefficient (Wildman–Crippen LogP) is 4.08. The molecule has 0 amide bonds.